The lowest BCUT2D eigenvalue weighted by Gasteiger charge is -2.19. The predicted molar refractivity (Wildman–Crippen MR) is 114 cm³/mol. The zero-order valence-corrected chi connectivity index (χ0v) is 18.2. The van der Waals surface area contributed by atoms with E-state index in [-0.39, 0.29) is 23.3 Å². The maximum atomic E-state index is 13.2. The van der Waals surface area contributed by atoms with Crippen LogP contribution in [0, 0.1) is 0 Å². The summed E-state index contributed by atoms with van der Waals surface area (Å²) in [6.07, 6.45) is 5.87. The van der Waals surface area contributed by atoms with Crippen molar-refractivity contribution in [3.8, 4) is 0 Å². The summed E-state index contributed by atoms with van der Waals surface area (Å²) in [5.74, 6) is -0.476. The minimum atomic E-state index is -0.355. The van der Waals surface area contributed by atoms with E-state index in [2.05, 4.69) is 34.2 Å². The van der Waals surface area contributed by atoms with Crippen LogP contribution in [0.15, 0.2) is 24.5 Å². The Kier molecular flexibility index (Phi) is 4.72. The van der Waals surface area contributed by atoms with E-state index in [9.17, 15) is 4.79 Å². The van der Waals surface area contributed by atoms with Gasteiger partial charge in [-0.3, -0.25) is 9.78 Å². The molecule has 0 spiro atoms. The predicted octanol–water partition coefficient (Wildman–Crippen LogP) is 4.69. The number of hydrogen-bond acceptors (Lipinski definition) is 5. The Hall–Kier alpha value is -2.22. The van der Waals surface area contributed by atoms with Crippen molar-refractivity contribution >= 4 is 40.4 Å². The Labute approximate surface area is 183 Å². The van der Waals surface area contributed by atoms with Gasteiger partial charge in [-0.1, -0.05) is 37.0 Å². The Morgan fingerprint density at radius 1 is 1.27 bits per heavy atom. The van der Waals surface area contributed by atoms with Crippen LogP contribution in [-0.4, -0.2) is 32.1 Å². The smallest absolute Gasteiger partial charge is 0.232 e. The summed E-state index contributed by atoms with van der Waals surface area (Å²) < 4.78 is 7.41. The van der Waals surface area contributed by atoms with Crippen LogP contribution in [0.4, 0.5) is 5.69 Å². The highest BCUT2D eigenvalue weighted by molar-refractivity contribution is 6.31. The molecule has 1 amide bonds. The zero-order chi connectivity index (χ0) is 21.0. The van der Waals surface area contributed by atoms with E-state index >= 15 is 0 Å². The molecule has 2 aliphatic rings. The number of amides is 1. The monoisotopic (exact) mass is 445 g/mol. The number of carbonyl (C=O) groups excluding carboxylic acids is 1. The molecule has 3 aromatic rings. The van der Waals surface area contributed by atoms with Crippen molar-refractivity contribution in [2.75, 3.05) is 11.9 Å². The van der Waals surface area contributed by atoms with Crippen LogP contribution in [0.1, 0.15) is 62.1 Å². The molecule has 0 aromatic carbocycles. The summed E-state index contributed by atoms with van der Waals surface area (Å²) in [6.45, 7) is 4.92. The topological polar surface area (TPSA) is 81.4 Å². The van der Waals surface area contributed by atoms with E-state index in [1.807, 2.05) is 0 Å². The number of hydrogen-bond donors (Lipinski definition) is 1. The number of halogens is 2. The van der Waals surface area contributed by atoms with Gasteiger partial charge in [0, 0.05) is 29.8 Å². The van der Waals surface area contributed by atoms with Crippen LogP contribution >= 0.6 is 23.2 Å². The van der Waals surface area contributed by atoms with Crippen molar-refractivity contribution in [3.63, 3.8) is 0 Å². The fourth-order valence-electron chi connectivity index (χ4n) is 4.58. The molecule has 1 aliphatic heterocycles. The van der Waals surface area contributed by atoms with Gasteiger partial charge in [0.05, 0.1) is 34.2 Å². The van der Waals surface area contributed by atoms with Gasteiger partial charge >= 0.3 is 0 Å². The quantitative estimate of drug-likeness (QED) is 0.632. The SMILES string of the molecule is CC1(C)CC(C(=O)Nc2cnc(C3CCCO3)c(Cl)c2)c2cnc3cc(Cl)nn3c21. The molecular weight excluding hydrogens is 425 g/mol. The number of ether oxygens (including phenoxy) is 1. The first kappa shape index (κ1) is 19.7. The maximum absolute atomic E-state index is 13.2. The average molecular weight is 446 g/mol. The van der Waals surface area contributed by atoms with Gasteiger partial charge in [0.25, 0.3) is 0 Å². The fraction of sp³-hybridized carbons (Fsp3) is 0.429. The molecule has 0 bridgehead atoms. The molecule has 1 fully saturated rings. The lowest BCUT2D eigenvalue weighted by molar-refractivity contribution is -0.117. The van der Waals surface area contributed by atoms with E-state index in [4.69, 9.17) is 27.9 Å². The summed E-state index contributed by atoms with van der Waals surface area (Å²) >= 11 is 12.5. The first-order valence-corrected chi connectivity index (χ1v) is 10.7. The normalized spacial score (nSPS) is 22.4. The molecule has 5 rings (SSSR count). The van der Waals surface area contributed by atoms with Gasteiger partial charge in [-0.2, -0.15) is 5.10 Å². The van der Waals surface area contributed by atoms with Gasteiger partial charge < -0.3 is 10.1 Å². The standard InChI is InChI=1S/C21H21Cl2N5O2/c1-21(2)8-12(13-10-24-17-7-16(23)27-28(17)19(13)21)20(29)26-11-6-14(22)18(25-9-11)15-4-3-5-30-15/h6-7,9-10,12,15H,3-5,8H2,1-2H3,(H,26,29). The lowest BCUT2D eigenvalue weighted by atomic mass is 9.88. The fourth-order valence-corrected chi connectivity index (χ4v) is 5.04. The highest BCUT2D eigenvalue weighted by Gasteiger charge is 2.43. The van der Waals surface area contributed by atoms with E-state index in [1.54, 1.807) is 29.0 Å². The van der Waals surface area contributed by atoms with Crippen molar-refractivity contribution in [3.05, 3.63) is 51.7 Å². The van der Waals surface area contributed by atoms with Gasteiger partial charge in [-0.25, -0.2) is 9.50 Å². The number of nitrogens with zero attached hydrogens (tertiary/aromatic N) is 4. The Morgan fingerprint density at radius 3 is 2.83 bits per heavy atom. The molecule has 0 saturated carbocycles. The Balaban J connectivity index is 1.43. The van der Waals surface area contributed by atoms with Crippen molar-refractivity contribution in [2.24, 2.45) is 0 Å². The average Bonchev–Trinajstić information content (AvgIpc) is 3.39. The molecule has 3 aromatic heterocycles. The second-order valence-electron chi connectivity index (χ2n) is 8.52. The summed E-state index contributed by atoms with van der Waals surface area (Å²) in [4.78, 5) is 22.0. The van der Waals surface area contributed by atoms with Crippen molar-refractivity contribution < 1.29 is 9.53 Å². The van der Waals surface area contributed by atoms with Crippen LogP contribution in [0.2, 0.25) is 10.2 Å². The van der Waals surface area contributed by atoms with Crippen LogP contribution in [0.25, 0.3) is 5.65 Å². The third-order valence-corrected chi connectivity index (χ3v) is 6.39. The van der Waals surface area contributed by atoms with Crippen molar-refractivity contribution in [2.45, 2.75) is 50.5 Å². The first-order valence-electron chi connectivity index (χ1n) is 9.96. The van der Waals surface area contributed by atoms with Crippen LogP contribution in [-0.2, 0) is 14.9 Å². The van der Waals surface area contributed by atoms with Crippen LogP contribution < -0.4 is 5.32 Å². The molecule has 4 heterocycles. The zero-order valence-electron chi connectivity index (χ0n) is 16.7. The first-order chi connectivity index (χ1) is 14.3. The highest BCUT2D eigenvalue weighted by atomic mass is 35.5. The second kappa shape index (κ2) is 7.18. The molecule has 9 heteroatoms. The Morgan fingerprint density at radius 2 is 2.10 bits per heavy atom. The highest BCUT2D eigenvalue weighted by Crippen LogP contribution is 2.46. The van der Waals surface area contributed by atoms with Gasteiger partial charge in [0.1, 0.15) is 6.10 Å². The number of rotatable bonds is 3. The molecule has 1 saturated heterocycles. The number of pyridine rings is 1. The third-order valence-electron chi connectivity index (χ3n) is 5.90. The number of anilines is 1. The minimum absolute atomic E-state index is 0.0702. The molecule has 1 aliphatic carbocycles. The molecule has 1 N–H and O–H groups in total. The summed E-state index contributed by atoms with van der Waals surface area (Å²) in [6, 6.07) is 3.45. The van der Waals surface area contributed by atoms with Gasteiger partial charge in [0.2, 0.25) is 5.91 Å². The number of carbonyl (C=O) groups is 1. The summed E-state index contributed by atoms with van der Waals surface area (Å²) in [5.41, 5.74) is 3.53. The summed E-state index contributed by atoms with van der Waals surface area (Å²) in [7, 11) is 0. The van der Waals surface area contributed by atoms with Crippen LogP contribution in [0.3, 0.4) is 0 Å². The molecule has 2 atom stereocenters. The van der Waals surface area contributed by atoms with Gasteiger partial charge in [0.15, 0.2) is 10.8 Å². The molecule has 7 nitrogen and oxygen atoms in total. The number of fused-ring (bicyclic) bond motifs is 3. The number of aromatic nitrogens is 4. The summed E-state index contributed by atoms with van der Waals surface area (Å²) in [5, 5.41) is 8.21. The molecular formula is C21H21Cl2N5O2. The third kappa shape index (κ3) is 3.25. The largest absolute Gasteiger partial charge is 0.372 e. The maximum Gasteiger partial charge on any atom is 0.232 e. The molecule has 156 valence electrons. The molecule has 2 unspecified atom stereocenters. The van der Waals surface area contributed by atoms with E-state index in [1.165, 1.54) is 0 Å². The lowest BCUT2D eigenvalue weighted by Crippen LogP contribution is -2.21. The molecule has 0 radical (unpaired) electrons. The van der Waals surface area contributed by atoms with Crippen molar-refractivity contribution in [1.29, 1.82) is 0 Å². The number of nitrogens with one attached hydrogen (secondary N) is 1. The van der Waals surface area contributed by atoms with E-state index in [0.717, 1.165) is 36.4 Å². The Bertz CT molecular complexity index is 1150. The van der Waals surface area contributed by atoms with Crippen molar-refractivity contribution in [1.82, 2.24) is 19.6 Å². The van der Waals surface area contributed by atoms with Gasteiger partial charge in [-0.05, 0) is 25.3 Å². The van der Waals surface area contributed by atoms with Crippen LogP contribution in [0.5, 0.6) is 0 Å². The molecule has 30 heavy (non-hydrogen) atoms. The second-order valence-corrected chi connectivity index (χ2v) is 9.32. The van der Waals surface area contributed by atoms with E-state index < -0.39 is 0 Å². The van der Waals surface area contributed by atoms with E-state index in [0.29, 0.717) is 27.9 Å². The minimum Gasteiger partial charge on any atom is -0.372 e. The van der Waals surface area contributed by atoms with Gasteiger partial charge in [-0.15, -0.1) is 0 Å².